The van der Waals surface area contributed by atoms with E-state index in [2.05, 4.69) is 15.6 Å². The minimum Gasteiger partial charge on any atom is -0.351 e. The highest BCUT2D eigenvalue weighted by Crippen LogP contribution is 2.30. The van der Waals surface area contributed by atoms with E-state index in [-0.39, 0.29) is 37.1 Å². The molecule has 9 heteroatoms. The molecule has 4 rings (SSSR count). The molecule has 2 aromatic carbocycles. The number of benzene rings is 2. The zero-order chi connectivity index (χ0) is 27.6. The summed E-state index contributed by atoms with van der Waals surface area (Å²) < 4.78 is 27.6. The Bertz CT molecular complexity index is 1250. The van der Waals surface area contributed by atoms with Crippen LogP contribution in [0.25, 0.3) is 0 Å². The summed E-state index contributed by atoms with van der Waals surface area (Å²) in [7, 11) is 0. The summed E-state index contributed by atoms with van der Waals surface area (Å²) in [5.74, 6) is -1.64. The molecule has 0 saturated heterocycles. The van der Waals surface area contributed by atoms with Crippen molar-refractivity contribution in [1.29, 1.82) is 0 Å². The van der Waals surface area contributed by atoms with E-state index in [1.54, 1.807) is 24.4 Å². The van der Waals surface area contributed by atoms with E-state index < -0.39 is 23.6 Å². The lowest BCUT2D eigenvalue weighted by Gasteiger charge is -2.33. The summed E-state index contributed by atoms with van der Waals surface area (Å²) in [5, 5.41) is 5.76. The van der Waals surface area contributed by atoms with Gasteiger partial charge in [-0.25, -0.2) is 13.8 Å². The first-order chi connectivity index (χ1) is 18.9. The van der Waals surface area contributed by atoms with Crippen molar-refractivity contribution in [3.05, 3.63) is 90.1 Å². The van der Waals surface area contributed by atoms with E-state index in [0.29, 0.717) is 17.1 Å². The second-order valence-corrected chi connectivity index (χ2v) is 9.65. The maximum atomic E-state index is 13.8. The predicted octanol–water partition coefficient (Wildman–Crippen LogP) is 5.69. The van der Waals surface area contributed by atoms with Gasteiger partial charge in [-0.15, -0.1) is 0 Å². The quantitative estimate of drug-likeness (QED) is 0.350. The maximum absolute atomic E-state index is 13.8. The fourth-order valence-electron chi connectivity index (χ4n) is 4.79. The average Bonchev–Trinajstić information content (AvgIpc) is 2.94. The fraction of sp³-hybridized carbons (Fsp3) is 0.333. The molecule has 1 atom stereocenters. The van der Waals surface area contributed by atoms with Crippen molar-refractivity contribution in [1.82, 2.24) is 10.3 Å². The first-order valence-corrected chi connectivity index (χ1v) is 13.2. The van der Waals surface area contributed by atoms with Crippen molar-refractivity contribution in [2.75, 3.05) is 10.2 Å². The molecule has 2 N–H and O–H groups in total. The van der Waals surface area contributed by atoms with E-state index in [4.69, 9.17) is 0 Å². The number of hydrogen-bond donors (Lipinski definition) is 2. The molecule has 204 valence electrons. The largest absolute Gasteiger partial charge is 0.351 e. The molecular formula is C30H32F2N4O3. The highest BCUT2D eigenvalue weighted by molar-refractivity contribution is 6.01. The van der Waals surface area contributed by atoms with E-state index in [1.807, 2.05) is 0 Å². The van der Waals surface area contributed by atoms with Crippen molar-refractivity contribution in [2.24, 2.45) is 0 Å². The molecule has 39 heavy (non-hydrogen) atoms. The topological polar surface area (TPSA) is 91.4 Å². The van der Waals surface area contributed by atoms with Crippen LogP contribution in [0.3, 0.4) is 0 Å². The lowest BCUT2D eigenvalue weighted by atomic mass is 9.94. The number of carbonyl (C=O) groups excluding carboxylic acids is 3. The third kappa shape index (κ3) is 7.92. The summed E-state index contributed by atoms with van der Waals surface area (Å²) in [4.78, 5) is 45.2. The van der Waals surface area contributed by atoms with Crippen LogP contribution in [0.15, 0.2) is 72.9 Å². The van der Waals surface area contributed by atoms with Gasteiger partial charge in [0.25, 0.3) is 0 Å². The van der Waals surface area contributed by atoms with Gasteiger partial charge in [0.05, 0.1) is 0 Å². The zero-order valence-corrected chi connectivity index (χ0v) is 21.6. The standard InChI is InChI=1S/C30H32F2N4O3/c31-22-14-12-21(13-15-22)29(30(39)34-24-7-2-1-3-8-24)36(25-18-16-23(32)17-19-25)28(38)11-6-10-27(37)35-26-9-4-5-20-33-26/h4-5,9,12-20,24,29H,1-3,6-8,10-11H2,(H,34,39)(H,33,35,37). The predicted molar refractivity (Wildman–Crippen MR) is 145 cm³/mol. The first kappa shape index (κ1) is 27.9. The molecule has 0 spiro atoms. The van der Waals surface area contributed by atoms with Crippen molar-refractivity contribution >= 4 is 29.2 Å². The van der Waals surface area contributed by atoms with E-state index >= 15 is 0 Å². The normalized spacial score (nSPS) is 14.3. The van der Waals surface area contributed by atoms with Gasteiger partial charge in [0.2, 0.25) is 17.7 Å². The van der Waals surface area contributed by atoms with Crippen LogP contribution in [0, 0.1) is 11.6 Å². The second kappa shape index (κ2) is 13.6. The molecular weight excluding hydrogens is 502 g/mol. The zero-order valence-electron chi connectivity index (χ0n) is 21.6. The Morgan fingerprint density at radius 3 is 2.18 bits per heavy atom. The molecule has 1 aromatic heterocycles. The lowest BCUT2D eigenvalue weighted by Crippen LogP contribution is -2.47. The monoisotopic (exact) mass is 534 g/mol. The Morgan fingerprint density at radius 1 is 0.872 bits per heavy atom. The SMILES string of the molecule is O=C(CCCC(=O)N(c1ccc(F)cc1)C(C(=O)NC1CCCCC1)c1ccc(F)cc1)Nc1ccccn1. The number of rotatable bonds is 10. The van der Waals surface area contributed by atoms with E-state index in [1.165, 1.54) is 53.4 Å². The number of nitrogens with zero attached hydrogens (tertiary/aromatic N) is 2. The number of aromatic nitrogens is 1. The molecule has 0 bridgehead atoms. The van der Waals surface area contributed by atoms with E-state index in [0.717, 1.165) is 32.1 Å². The number of carbonyl (C=O) groups is 3. The van der Waals surface area contributed by atoms with Crippen LogP contribution in [-0.2, 0) is 14.4 Å². The molecule has 1 aliphatic rings. The van der Waals surface area contributed by atoms with Gasteiger partial charge in [0.15, 0.2) is 0 Å². The Hall–Kier alpha value is -4.14. The van der Waals surface area contributed by atoms with Crippen molar-refractivity contribution in [3.8, 4) is 0 Å². The van der Waals surface area contributed by atoms with Crippen LogP contribution in [-0.4, -0.2) is 28.7 Å². The second-order valence-electron chi connectivity index (χ2n) is 9.65. The summed E-state index contributed by atoms with van der Waals surface area (Å²) in [5.41, 5.74) is 0.753. The average molecular weight is 535 g/mol. The molecule has 3 amide bonds. The van der Waals surface area contributed by atoms with Gasteiger partial charge in [-0.3, -0.25) is 19.3 Å². The minimum absolute atomic E-state index is 0.0188. The molecule has 1 unspecified atom stereocenters. The Balaban J connectivity index is 1.56. The van der Waals surface area contributed by atoms with Crippen molar-refractivity contribution in [2.45, 2.75) is 63.5 Å². The molecule has 1 aliphatic carbocycles. The van der Waals surface area contributed by atoms with Gasteiger partial charge >= 0.3 is 0 Å². The summed E-state index contributed by atoms with van der Waals surface area (Å²) in [6.45, 7) is 0. The minimum atomic E-state index is -1.10. The van der Waals surface area contributed by atoms with Crippen LogP contribution in [0.2, 0.25) is 0 Å². The molecule has 0 radical (unpaired) electrons. The van der Waals surface area contributed by atoms with Crippen molar-refractivity contribution < 1.29 is 23.2 Å². The number of pyridine rings is 1. The van der Waals surface area contributed by atoms with Gasteiger partial charge in [0.1, 0.15) is 23.5 Å². The maximum Gasteiger partial charge on any atom is 0.248 e. The van der Waals surface area contributed by atoms with Crippen molar-refractivity contribution in [3.63, 3.8) is 0 Å². The third-order valence-corrected chi connectivity index (χ3v) is 6.74. The summed E-state index contributed by atoms with van der Waals surface area (Å²) >= 11 is 0. The molecule has 1 heterocycles. The third-order valence-electron chi connectivity index (χ3n) is 6.74. The molecule has 1 saturated carbocycles. The van der Waals surface area contributed by atoms with Crippen LogP contribution < -0.4 is 15.5 Å². The summed E-state index contributed by atoms with van der Waals surface area (Å²) in [6.07, 6.45) is 6.62. The van der Waals surface area contributed by atoms with Gasteiger partial charge in [0, 0.05) is 30.8 Å². The summed E-state index contributed by atoms with van der Waals surface area (Å²) in [6, 6.07) is 14.8. The van der Waals surface area contributed by atoms with Gasteiger partial charge in [-0.05, 0) is 73.4 Å². The Kier molecular flexibility index (Phi) is 9.72. The van der Waals surface area contributed by atoms with Crippen LogP contribution in [0.5, 0.6) is 0 Å². The highest BCUT2D eigenvalue weighted by atomic mass is 19.1. The number of hydrogen-bond acceptors (Lipinski definition) is 4. The van der Waals surface area contributed by atoms with Crippen LogP contribution in [0.4, 0.5) is 20.3 Å². The highest BCUT2D eigenvalue weighted by Gasteiger charge is 2.34. The molecule has 0 aliphatic heterocycles. The molecule has 3 aromatic rings. The number of halogens is 2. The van der Waals surface area contributed by atoms with Gasteiger partial charge < -0.3 is 10.6 Å². The van der Waals surface area contributed by atoms with Crippen LogP contribution in [0.1, 0.15) is 63.0 Å². The molecule has 7 nitrogen and oxygen atoms in total. The Morgan fingerprint density at radius 2 is 1.54 bits per heavy atom. The van der Waals surface area contributed by atoms with E-state index in [9.17, 15) is 23.2 Å². The lowest BCUT2D eigenvalue weighted by molar-refractivity contribution is -0.127. The Labute approximate surface area is 226 Å². The number of nitrogens with one attached hydrogen (secondary N) is 2. The fourth-order valence-corrected chi connectivity index (χ4v) is 4.79. The van der Waals surface area contributed by atoms with Crippen LogP contribution >= 0.6 is 0 Å². The molecule has 1 fully saturated rings. The van der Waals surface area contributed by atoms with Gasteiger partial charge in [-0.1, -0.05) is 37.5 Å². The number of amides is 3. The number of anilines is 2. The smallest absolute Gasteiger partial charge is 0.248 e. The first-order valence-electron chi connectivity index (χ1n) is 13.2. The van der Waals surface area contributed by atoms with Gasteiger partial charge in [-0.2, -0.15) is 0 Å².